The summed E-state index contributed by atoms with van der Waals surface area (Å²) in [5.41, 5.74) is 0. The summed E-state index contributed by atoms with van der Waals surface area (Å²) in [4.78, 5) is 3.78. The Labute approximate surface area is 83.6 Å². The van der Waals surface area contributed by atoms with Crippen molar-refractivity contribution in [1.82, 2.24) is 4.98 Å². The third kappa shape index (κ3) is 22.5. The molecule has 0 bridgehead atoms. The molecule has 5 nitrogen and oxygen atoms in total. The number of pyridine rings is 1. The molecular formula is C5H5ClLiNO4. The minimum absolute atomic E-state index is 0. The molecule has 0 N–H and O–H groups in total. The van der Waals surface area contributed by atoms with Crippen LogP contribution in [0.2, 0.25) is 0 Å². The largest absolute Gasteiger partial charge is 1.00 e. The Bertz CT molecular complexity index is 148. The van der Waals surface area contributed by atoms with Gasteiger partial charge in [0.25, 0.3) is 0 Å². The third-order valence-electron chi connectivity index (χ3n) is 0.566. The van der Waals surface area contributed by atoms with Crippen molar-refractivity contribution in [3.8, 4) is 0 Å². The molecule has 0 radical (unpaired) electrons. The summed E-state index contributed by atoms with van der Waals surface area (Å²) in [5, 5.41) is 0. The van der Waals surface area contributed by atoms with Gasteiger partial charge in [0.15, 0.2) is 0 Å². The maximum Gasteiger partial charge on any atom is 1.00 e. The second-order valence-electron chi connectivity index (χ2n) is 1.40. The van der Waals surface area contributed by atoms with E-state index in [-0.39, 0.29) is 18.9 Å². The zero-order valence-corrected chi connectivity index (χ0v) is 7.10. The molecule has 1 aromatic heterocycles. The van der Waals surface area contributed by atoms with Crippen LogP contribution in [0.4, 0.5) is 0 Å². The number of rotatable bonds is 0. The fraction of sp³-hybridized carbons (Fsp3) is 0. The number of hydrogen-bond donors (Lipinski definition) is 0. The molecule has 0 saturated heterocycles. The van der Waals surface area contributed by atoms with Crippen molar-refractivity contribution >= 4 is 0 Å². The molecule has 0 saturated carbocycles. The van der Waals surface area contributed by atoms with Gasteiger partial charge in [0.2, 0.25) is 0 Å². The van der Waals surface area contributed by atoms with Gasteiger partial charge in [0, 0.05) is 12.4 Å². The first kappa shape index (κ1) is 14.4. The topological polar surface area (TPSA) is 105 Å². The van der Waals surface area contributed by atoms with E-state index in [9.17, 15) is 0 Å². The van der Waals surface area contributed by atoms with E-state index in [0.717, 1.165) is 0 Å². The van der Waals surface area contributed by atoms with Crippen molar-refractivity contribution < 1.29 is 47.7 Å². The second-order valence-corrected chi connectivity index (χ2v) is 2.16. The van der Waals surface area contributed by atoms with Crippen LogP contribution >= 0.6 is 0 Å². The zero-order valence-electron chi connectivity index (χ0n) is 6.34. The van der Waals surface area contributed by atoms with Crippen LogP contribution in [0.5, 0.6) is 0 Å². The maximum atomic E-state index is 8.49. The Hall–Kier alpha value is -0.123. The van der Waals surface area contributed by atoms with Crippen LogP contribution in [-0.4, -0.2) is 4.98 Å². The molecule has 0 spiro atoms. The van der Waals surface area contributed by atoms with E-state index in [2.05, 4.69) is 4.98 Å². The van der Waals surface area contributed by atoms with Gasteiger partial charge in [0.05, 0.1) is 0 Å². The van der Waals surface area contributed by atoms with Crippen LogP contribution in [0, 0.1) is 10.2 Å². The quantitative estimate of drug-likeness (QED) is 0.374. The van der Waals surface area contributed by atoms with E-state index in [1.54, 1.807) is 12.4 Å². The van der Waals surface area contributed by atoms with Gasteiger partial charge in [-0.2, -0.15) is 0 Å². The predicted molar refractivity (Wildman–Crippen MR) is 24.2 cm³/mol. The number of halogens is 1. The van der Waals surface area contributed by atoms with Crippen LogP contribution in [0.1, 0.15) is 0 Å². The Morgan fingerprint density at radius 3 is 1.25 bits per heavy atom. The van der Waals surface area contributed by atoms with Crippen molar-refractivity contribution in [3.63, 3.8) is 0 Å². The van der Waals surface area contributed by atoms with Crippen LogP contribution in [-0.2, 0) is 0 Å². The average Bonchev–Trinajstić information content (AvgIpc) is 1.88. The fourth-order valence-electron chi connectivity index (χ4n) is 0.313. The molecule has 0 aromatic carbocycles. The molecule has 7 heteroatoms. The summed E-state index contributed by atoms with van der Waals surface area (Å²) in [7, 11) is -4.94. The van der Waals surface area contributed by atoms with Crippen molar-refractivity contribution in [2.24, 2.45) is 0 Å². The van der Waals surface area contributed by atoms with Gasteiger partial charge in [0.1, 0.15) is 0 Å². The summed E-state index contributed by atoms with van der Waals surface area (Å²) in [6, 6.07) is 5.72. The molecule has 0 amide bonds. The Morgan fingerprint density at radius 1 is 0.833 bits per heavy atom. The van der Waals surface area contributed by atoms with Gasteiger partial charge >= 0.3 is 18.9 Å². The standard InChI is InChI=1S/C5H5N.ClHO4.Li/c1-2-4-6-5-3-1;2-1(3,4)5;/h1-5H;(H,2,3,4,5);/q;;+1/p-1. The summed E-state index contributed by atoms with van der Waals surface area (Å²) >= 11 is 0. The van der Waals surface area contributed by atoms with Gasteiger partial charge in [-0.1, -0.05) is 6.07 Å². The molecule has 1 rings (SSSR count). The van der Waals surface area contributed by atoms with E-state index >= 15 is 0 Å². The summed E-state index contributed by atoms with van der Waals surface area (Å²) in [6.07, 6.45) is 3.50. The van der Waals surface area contributed by atoms with Crippen LogP contribution < -0.4 is 37.5 Å². The SMILES string of the molecule is [Li+].[O-][Cl+3]([O-])([O-])[O-].c1ccncc1. The van der Waals surface area contributed by atoms with Crippen LogP contribution in [0.15, 0.2) is 30.6 Å². The summed E-state index contributed by atoms with van der Waals surface area (Å²) in [6.45, 7) is 0. The first-order valence-electron chi connectivity index (χ1n) is 2.47. The molecule has 12 heavy (non-hydrogen) atoms. The second kappa shape index (κ2) is 7.52. The van der Waals surface area contributed by atoms with Crippen LogP contribution in [0.25, 0.3) is 0 Å². The Balaban J connectivity index is 0. The third-order valence-corrected chi connectivity index (χ3v) is 0.566. The summed E-state index contributed by atoms with van der Waals surface area (Å²) in [5.74, 6) is 0. The minimum Gasteiger partial charge on any atom is -0.265 e. The van der Waals surface area contributed by atoms with Gasteiger partial charge in [-0.15, -0.1) is 10.2 Å². The zero-order chi connectivity index (χ0) is 8.74. The van der Waals surface area contributed by atoms with Gasteiger partial charge in [-0.25, -0.2) is 18.6 Å². The predicted octanol–water partition coefficient (Wildman–Crippen LogP) is -6.67. The monoisotopic (exact) mass is 185 g/mol. The molecule has 62 valence electrons. The van der Waals surface area contributed by atoms with Gasteiger partial charge in [-0.05, 0) is 12.1 Å². The fourth-order valence-corrected chi connectivity index (χ4v) is 0.313. The van der Waals surface area contributed by atoms with Gasteiger partial charge in [-0.3, -0.25) is 4.98 Å². The Kier molecular flexibility index (Phi) is 9.03. The molecule has 0 aliphatic carbocycles. The van der Waals surface area contributed by atoms with Crippen molar-refractivity contribution in [1.29, 1.82) is 0 Å². The number of aromatic nitrogens is 1. The summed E-state index contributed by atoms with van der Waals surface area (Å²) < 4.78 is 34.0. The molecule has 0 aliphatic heterocycles. The van der Waals surface area contributed by atoms with Crippen molar-refractivity contribution in [2.45, 2.75) is 0 Å². The average molecular weight is 185 g/mol. The molecule has 0 atom stereocenters. The number of hydrogen-bond acceptors (Lipinski definition) is 5. The van der Waals surface area contributed by atoms with Crippen molar-refractivity contribution in [3.05, 3.63) is 30.6 Å². The molecular weight excluding hydrogens is 180 g/mol. The van der Waals surface area contributed by atoms with Crippen molar-refractivity contribution in [2.75, 3.05) is 0 Å². The molecule has 1 heterocycles. The first-order chi connectivity index (χ1) is 5.00. The van der Waals surface area contributed by atoms with E-state index in [1.165, 1.54) is 0 Å². The minimum atomic E-state index is -4.94. The normalized spacial score (nSPS) is 9.00. The van der Waals surface area contributed by atoms with Gasteiger partial charge < -0.3 is 0 Å². The van der Waals surface area contributed by atoms with E-state index in [0.29, 0.717) is 0 Å². The molecule has 0 unspecified atom stereocenters. The van der Waals surface area contributed by atoms with Crippen LogP contribution in [0.3, 0.4) is 0 Å². The molecule has 0 fully saturated rings. The van der Waals surface area contributed by atoms with E-state index in [1.807, 2.05) is 18.2 Å². The van der Waals surface area contributed by atoms with E-state index in [4.69, 9.17) is 18.6 Å². The smallest absolute Gasteiger partial charge is 0.265 e. The number of nitrogens with zero attached hydrogens (tertiary/aromatic N) is 1. The van der Waals surface area contributed by atoms with E-state index < -0.39 is 10.2 Å². The maximum absolute atomic E-state index is 8.49. The molecule has 0 aliphatic rings. The molecule has 1 aromatic rings. The Morgan fingerprint density at radius 2 is 1.17 bits per heavy atom. The first-order valence-corrected chi connectivity index (χ1v) is 3.70.